The molecule has 0 bridgehead atoms. The van der Waals surface area contributed by atoms with Crippen LogP contribution in [0.2, 0.25) is 5.02 Å². The largest absolute Gasteiger partial charge is 0.385 e. The van der Waals surface area contributed by atoms with Gasteiger partial charge in [-0.25, -0.2) is 0 Å². The summed E-state index contributed by atoms with van der Waals surface area (Å²) < 4.78 is 6.05. The van der Waals surface area contributed by atoms with Gasteiger partial charge in [0.05, 0.1) is 0 Å². The van der Waals surface area contributed by atoms with Crippen LogP contribution in [0.15, 0.2) is 22.7 Å². The van der Waals surface area contributed by atoms with Gasteiger partial charge in [0.15, 0.2) is 0 Å². The van der Waals surface area contributed by atoms with Gasteiger partial charge < -0.3 is 4.74 Å². The minimum absolute atomic E-state index is 0.781. The molecule has 0 saturated carbocycles. The van der Waals surface area contributed by atoms with Gasteiger partial charge in [-0.2, -0.15) is 0 Å². The number of rotatable bonds is 4. The predicted octanol–water partition coefficient (Wildman–Crippen LogP) is 3.68. The van der Waals surface area contributed by atoms with E-state index in [0.29, 0.717) is 0 Å². The molecule has 0 aliphatic heterocycles. The number of hydrogen-bond acceptors (Lipinski definition) is 1. The standard InChI is InChI=1S/C10H12BrClO/c1-13-6-2-3-8-7-9(11)4-5-10(8)12/h4-5,7H,2-3,6H2,1H3. The fraction of sp³-hybridized carbons (Fsp3) is 0.400. The number of methoxy groups -OCH3 is 1. The molecule has 0 radical (unpaired) electrons. The Morgan fingerprint density at radius 3 is 2.92 bits per heavy atom. The smallest absolute Gasteiger partial charge is 0.0465 e. The summed E-state index contributed by atoms with van der Waals surface area (Å²) in [5.74, 6) is 0. The van der Waals surface area contributed by atoms with Crippen molar-refractivity contribution in [1.82, 2.24) is 0 Å². The first-order valence-electron chi connectivity index (χ1n) is 4.17. The van der Waals surface area contributed by atoms with Crippen LogP contribution in [0.25, 0.3) is 0 Å². The lowest BCUT2D eigenvalue weighted by Gasteiger charge is -2.04. The quantitative estimate of drug-likeness (QED) is 0.753. The monoisotopic (exact) mass is 262 g/mol. The van der Waals surface area contributed by atoms with E-state index in [4.69, 9.17) is 16.3 Å². The molecule has 0 spiro atoms. The maximum atomic E-state index is 6.01. The van der Waals surface area contributed by atoms with Crippen molar-refractivity contribution in [2.24, 2.45) is 0 Å². The third kappa shape index (κ3) is 3.67. The zero-order valence-corrected chi connectivity index (χ0v) is 9.86. The van der Waals surface area contributed by atoms with Gasteiger partial charge in [-0.3, -0.25) is 0 Å². The SMILES string of the molecule is COCCCc1cc(Br)ccc1Cl. The lowest BCUT2D eigenvalue weighted by Crippen LogP contribution is -1.93. The molecular formula is C10H12BrClO. The summed E-state index contributed by atoms with van der Waals surface area (Å²) in [6, 6.07) is 5.91. The first-order valence-corrected chi connectivity index (χ1v) is 5.34. The van der Waals surface area contributed by atoms with Gasteiger partial charge in [0.2, 0.25) is 0 Å². The summed E-state index contributed by atoms with van der Waals surface area (Å²) in [5.41, 5.74) is 1.17. The van der Waals surface area contributed by atoms with Crippen LogP contribution in [-0.2, 0) is 11.2 Å². The Labute approximate surface area is 92.2 Å². The molecule has 0 aromatic heterocycles. The van der Waals surface area contributed by atoms with Crippen LogP contribution < -0.4 is 0 Å². The van der Waals surface area contributed by atoms with E-state index < -0.39 is 0 Å². The highest BCUT2D eigenvalue weighted by Gasteiger charge is 2.00. The van der Waals surface area contributed by atoms with Crippen molar-refractivity contribution >= 4 is 27.5 Å². The van der Waals surface area contributed by atoms with E-state index in [1.54, 1.807) is 7.11 Å². The number of benzene rings is 1. The summed E-state index contributed by atoms with van der Waals surface area (Å²) >= 11 is 9.43. The third-order valence-electron chi connectivity index (χ3n) is 1.80. The molecule has 0 N–H and O–H groups in total. The second kappa shape index (κ2) is 5.63. The molecule has 0 atom stereocenters. The molecule has 72 valence electrons. The van der Waals surface area contributed by atoms with Crippen LogP contribution in [0, 0.1) is 0 Å². The van der Waals surface area contributed by atoms with Crippen molar-refractivity contribution in [2.45, 2.75) is 12.8 Å². The number of halogens is 2. The number of ether oxygens (including phenoxy) is 1. The highest BCUT2D eigenvalue weighted by Crippen LogP contribution is 2.21. The van der Waals surface area contributed by atoms with Gasteiger partial charge in [-0.05, 0) is 36.6 Å². The Hall–Kier alpha value is -0.0500. The molecule has 0 heterocycles. The Morgan fingerprint density at radius 2 is 2.23 bits per heavy atom. The minimum atomic E-state index is 0.781. The van der Waals surface area contributed by atoms with E-state index in [1.165, 1.54) is 5.56 Å². The minimum Gasteiger partial charge on any atom is -0.385 e. The average Bonchev–Trinajstić information content (AvgIpc) is 2.11. The third-order valence-corrected chi connectivity index (χ3v) is 2.66. The maximum Gasteiger partial charge on any atom is 0.0465 e. The summed E-state index contributed by atoms with van der Waals surface area (Å²) in [6.07, 6.45) is 1.97. The van der Waals surface area contributed by atoms with Gasteiger partial charge in [0.25, 0.3) is 0 Å². The van der Waals surface area contributed by atoms with Gasteiger partial charge in [-0.15, -0.1) is 0 Å². The molecule has 1 rings (SSSR count). The van der Waals surface area contributed by atoms with Crippen LogP contribution in [-0.4, -0.2) is 13.7 Å². The van der Waals surface area contributed by atoms with Crippen molar-refractivity contribution in [3.05, 3.63) is 33.3 Å². The van der Waals surface area contributed by atoms with Gasteiger partial charge in [0, 0.05) is 23.2 Å². The first-order chi connectivity index (χ1) is 6.24. The lowest BCUT2D eigenvalue weighted by molar-refractivity contribution is 0.195. The van der Waals surface area contributed by atoms with Crippen molar-refractivity contribution in [3.8, 4) is 0 Å². The second-order valence-corrected chi connectivity index (χ2v) is 4.15. The highest BCUT2D eigenvalue weighted by atomic mass is 79.9. The Bertz CT molecular complexity index is 276. The summed E-state index contributed by atoms with van der Waals surface area (Å²) in [4.78, 5) is 0. The Balaban J connectivity index is 2.59. The van der Waals surface area contributed by atoms with E-state index >= 15 is 0 Å². The van der Waals surface area contributed by atoms with E-state index in [9.17, 15) is 0 Å². The van der Waals surface area contributed by atoms with Crippen LogP contribution in [0.5, 0.6) is 0 Å². The van der Waals surface area contributed by atoms with Crippen LogP contribution in [0.4, 0.5) is 0 Å². The number of aryl methyl sites for hydroxylation is 1. The molecule has 13 heavy (non-hydrogen) atoms. The molecule has 3 heteroatoms. The molecular weight excluding hydrogens is 251 g/mol. The van der Waals surface area contributed by atoms with Gasteiger partial charge >= 0.3 is 0 Å². The van der Waals surface area contributed by atoms with Crippen molar-refractivity contribution in [1.29, 1.82) is 0 Å². The van der Waals surface area contributed by atoms with E-state index in [2.05, 4.69) is 22.0 Å². The molecule has 0 amide bonds. The van der Waals surface area contributed by atoms with Crippen molar-refractivity contribution < 1.29 is 4.74 Å². The molecule has 0 fully saturated rings. The zero-order valence-electron chi connectivity index (χ0n) is 7.52. The van der Waals surface area contributed by atoms with Crippen LogP contribution in [0.3, 0.4) is 0 Å². The molecule has 0 saturated heterocycles. The molecule has 0 aliphatic rings. The lowest BCUT2D eigenvalue weighted by atomic mass is 10.1. The molecule has 0 aliphatic carbocycles. The second-order valence-electron chi connectivity index (χ2n) is 2.83. The topological polar surface area (TPSA) is 9.23 Å². The van der Waals surface area contributed by atoms with E-state index in [1.807, 2.05) is 12.1 Å². The molecule has 1 nitrogen and oxygen atoms in total. The Morgan fingerprint density at radius 1 is 1.46 bits per heavy atom. The molecule has 0 unspecified atom stereocenters. The van der Waals surface area contributed by atoms with Crippen LogP contribution >= 0.6 is 27.5 Å². The normalized spacial score (nSPS) is 10.4. The summed E-state index contributed by atoms with van der Waals surface area (Å²) in [6.45, 7) is 0.781. The van der Waals surface area contributed by atoms with E-state index in [0.717, 1.165) is 28.9 Å². The maximum absolute atomic E-state index is 6.01. The fourth-order valence-corrected chi connectivity index (χ4v) is 1.76. The van der Waals surface area contributed by atoms with Gasteiger partial charge in [0.1, 0.15) is 0 Å². The van der Waals surface area contributed by atoms with E-state index in [-0.39, 0.29) is 0 Å². The fourth-order valence-electron chi connectivity index (χ4n) is 1.14. The average molecular weight is 264 g/mol. The first kappa shape index (κ1) is 11.0. The van der Waals surface area contributed by atoms with Gasteiger partial charge in [-0.1, -0.05) is 27.5 Å². The number of hydrogen-bond donors (Lipinski definition) is 0. The highest BCUT2D eigenvalue weighted by molar-refractivity contribution is 9.10. The predicted molar refractivity (Wildman–Crippen MR) is 59.3 cm³/mol. The summed E-state index contributed by atoms with van der Waals surface area (Å²) in [5, 5.41) is 0.833. The zero-order chi connectivity index (χ0) is 9.68. The van der Waals surface area contributed by atoms with Crippen LogP contribution in [0.1, 0.15) is 12.0 Å². The molecule has 1 aromatic rings. The van der Waals surface area contributed by atoms with Crippen molar-refractivity contribution in [2.75, 3.05) is 13.7 Å². The summed E-state index contributed by atoms with van der Waals surface area (Å²) in [7, 11) is 1.71. The Kier molecular flexibility index (Phi) is 4.78. The molecule has 1 aromatic carbocycles. The van der Waals surface area contributed by atoms with Crippen molar-refractivity contribution in [3.63, 3.8) is 0 Å².